The maximum absolute atomic E-state index is 12.1. The third-order valence-corrected chi connectivity index (χ3v) is 3.78. The Balaban J connectivity index is 3.06. The Morgan fingerprint density at radius 3 is 2.45 bits per heavy atom. The first kappa shape index (κ1) is 16.2. The Labute approximate surface area is 114 Å². The van der Waals surface area contributed by atoms with E-state index in [-0.39, 0.29) is 11.3 Å². The molecule has 112 valence electrons. The molecular formula is C10H13F3N4O2S. The SMILES string of the molecule is CN(c1ccccc1C(=N)N)S(=O)(=O)NCC(F)(F)F. The van der Waals surface area contributed by atoms with Gasteiger partial charge in [-0.05, 0) is 12.1 Å². The molecule has 0 aromatic heterocycles. The molecule has 1 rings (SSSR count). The van der Waals surface area contributed by atoms with Crippen LogP contribution >= 0.6 is 0 Å². The highest BCUT2D eigenvalue weighted by molar-refractivity contribution is 7.90. The van der Waals surface area contributed by atoms with Gasteiger partial charge in [-0.25, -0.2) is 0 Å². The first-order valence-corrected chi connectivity index (χ1v) is 6.72. The molecule has 0 saturated carbocycles. The summed E-state index contributed by atoms with van der Waals surface area (Å²) < 4.78 is 61.7. The first-order valence-electron chi connectivity index (χ1n) is 5.28. The van der Waals surface area contributed by atoms with E-state index >= 15 is 0 Å². The summed E-state index contributed by atoms with van der Waals surface area (Å²) in [6, 6.07) is 5.75. The van der Waals surface area contributed by atoms with Crippen LogP contribution in [0.25, 0.3) is 0 Å². The molecule has 0 aliphatic carbocycles. The third kappa shape index (κ3) is 4.10. The molecule has 4 N–H and O–H groups in total. The van der Waals surface area contributed by atoms with Crippen molar-refractivity contribution in [2.45, 2.75) is 6.18 Å². The van der Waals surface area contributed by atoms with Crippen LogP contribution in [0.3, 0.4) is 0 Å². The van der Waals surface area contributed by atoms with Crippen molar-refractivity contribution in [1.82, 2.24) is 4.72 Å². The van der Waals surface area contributed by atoms with E-state index in [9.17, 15) is 21.6 Å². The molecule has 0 amide bonds. The van der Waals surface area contributed by atoms with Gasteiger partial charge in [-0.2, -0.15) is 26.3 Å². The number of para-hydroxylation sites is 1. The molecule has 6 nitrogen and oxygen atoms in total. The van der Waals surface area contributed by atoms with E-state index in [1.54, 1.807) is 0 Å². The van der Waals surface area contributed by atoms with Crippen molar-refractivity contribution < 1.29 is 21.6 Å². The van der Waals surface area contributed by atoms with E-state index in [2.05, 4.69) is 0 Å². The van der Waals surface area contributed by atoms with Gasteiger partial charge < -0.3 is 5.73 Å². The average Bonchev–Trinajstić information content (AvgIpc) is 2.35. The lowest BCUT2D eigenvalue weighted by Crippen LogP contribution is -2.43. The van der Waals surface area contributed by atoms with Gasteiger partial charge in [0.05, 0.1) is 5.69 Å². The number of hydrogen-bond donors (Lipinski definition) is 3. The van der Waals surface area contributed by atoms with E-state index in [1.807, 2.05) is 0 Å². The second-order valence-corrected chi connectivity index (χ2v) is 5.63. The zero-order valence-electron chi connectivity index (χ0n) is 10.4. The van der Waals surface area contributed by atoms with Crippen molar-refractivity contribution >= 4 is 21.7 Å². The number of anilines is 1. The van der Waals surface area contributed by atoms with Gasteiger partial charge in [-0.15, -0.1) is 0 Å². The minimum Gasteiger partial charge on any atom is -0.384 e. The zero-order valence-corrected chi connectivity index (χ0v) is 11.2. The highest BCUT2D eigenvalue weighted by Crippen LogP contribution is 2.21. The molecule has 10 heteroatoms. The van der Waals surface area contributed by atoms with Crippen LogP contribution in [0.15, 0.2) is 24.3 Å². The van der Waals surface area contributed by atoms with Gasteiger partial charge >= 0.3 is 16.4 Å². The van der Waals surface area contributed by atoms with Gasteiger partial charge in [-0.3, -0.25) is 9.71 Å². The summed E-state index contributed by atoms with van der Waals surface area (Å²) >= 11 is 0. The Bertz CT molecular complexity index is 601. The molecular weight excluding hydrogens is 297 g/mol. The summed E-state index contributed by atoms with van der Waals surface area (Å²) in [5.41, 5.74) is 5.41. The number of hydrogen-bond acceptors (Lipinski definition) is 3. The number of nitrogens with one attached hydrogen (secondary N) is 2. The Morgan fingerprint density at radius 1 is 1.40 bits per heavy atom. The molecule has 0 aliphatic heterocycles. The van der Waals surface area contributed by atoms with E-state index in [0.717, 1.165) is 7.05 Å². The van der Waals surface area contributed by atoms with Gasteiger partial charge in [0.15, 0.2) is 0 Å². The van der Waals surface area contributed by atoms with Crippen molar-refractivity contribution in [3.05, 3.63) is 29.8 Å². The molecule has 20 heavy (non-hydrogen) atoms. The van der Waals surface area contributed by atoms with Crippen molar-refractivity contribution in [3.8, 4) is 0 Å². The van der Waals surface area contributed by atoms with Crippen LogP contribution < -0.4 is 14.8 Å². The summed E-state index contributed by atoms with van der Waals surface area (Å²) in [5, 5.41) is 7.33. The molecule has 0 atom stereocenters. The number of nitrogen functional groups attached to an aromatic ring is 1. The van der Waals surface area contributed by atoms with Crippen molar-refractivity contribution in [3.63, 3.8) is 0 Å². The van der Waals surface area contributed by atoms with E-state index in [4.69, 9.17) is 11.1 Å². The van der Waals surface area contributed by atoms with Crippen LogP contribution in [0.1, 0.15) is 5.56 Å². The van der Waals surface area contributed by atoms with Crippen LogP contribution in [0.4, 0.5) is 18.9 Å². The molecule has 0 radical (unpaired) electrons. The standard InChI is InChI=1S/C10H13F3N4O2S/c1-17(20(18,19)16-6-10(11,12)13)8-5-3-2-4-7(8)9(14)15/h2-5,16H,6H2,1H3,(H3,14,15). The largest absolute Gasteiger partial charge is 0.402 e. The van der Waals surface area contributed by atoms with Gasteiger partial charge in [0, 0.05) is 12.6 Å². The average molecular weight is 310 g/mol. The smallest absolute Gasteiger partial charge is 0.384 e. The fraction of sp³-hybridized carbons (Fsp3) is 0.300. The van der Waals surface area contributed by atoms with Crippen molar-refractivity contribution in [2.75, 3.05) is 17.9 Å². The summed E-state index contributed by atoms with van der Waals surface area (Å²) in [6.45, 7) is -1.68. The van der Waals surface area contributed by atoms with Gasteiger partial charge in [0.1, 0.15) is 12.4 Å². The first-order chi connectivity index (χ1) is 9.04. The molecule has 0 bridgehead atoms. The highest BCUT2D eigenvalue weighted by atomic mass is 32.2. The summed E-state index contributed by atoms with van der Waals surface area (Å²) in [7, 11) is -3.32. The predicted molar refractivity (Wildman–Crippen MR) is 68.8 cm³/mol. The van der Waals surface area contributed by atoms with Crippen LogP contribution in [-0.4, -0.2) is 34.0 Å². The minimum absolute atomic E-state index is 0.00896. The van der Waals surface area contributed by atoms with Crippen LogP contribution in [-0.2, 0) is 10.2 Å². The third-order valence-electron chi connectivity index (χ3n) is 2.35. The number of alkyl halides is 3. The number of rotatable bonds is 5. The van der Waals surface area contributed by atoms with E-state index < -0.39 is 28.8 Å². The topological polar surface area (TPSA) is 99.3 Å². The quantitative estimate of drug-likeness (QED) is 0.554. The molecule has 0 saturated heterocycles. The van der Waals surface area contributed by atoms with Gasteiger partial charge in [0.25, 0.3) is 0 Å². The number of nitrogens with two attached hydrogens (primary N) is 1. The van der Waals surface area contributed by atoms with Crippen LogP contribution in [0.2, 0.25) is 0 Å². The maximum Gasteiger partial charge on any atom is 0.402 e. The monoisotopic (exact) mass is 310 g/mol. The second-order valence-electron chi connectivity index (χ2n) is 3.84. The fourth-order valence-corrected chi connectivity index (χ4v) is 2.33. The summed E-state index contributed by atoms with van der Waals surface area (Å²) in [6.07, 6.45) is -4.66. The lowest BCUT2D eigenvalue weighted by Gasteiger charge is -2.22. The minimum atomic E-state index is -4.66. The number of benzene rings is 1. The fourth-order valence-electron chi connectivity index (χ4n) is 1.38. The summed E-state index contributed by atoms with van der Waals surface area (Å²) in [4.78, 5) is 0. The number of amidine groups is 1. The maximum atomic E-state index is 12.1. The predicted octanol–water partition coefficient (Wildman–Crippen LogP) is 0.804. The Kier molecular flexibility index (Phi) is 4.61. The molecule has 0 fully saturated rings. The normalized spacial score (nSPS) is 12.2. The lowest BCUT2D eigenvalue weighted by molar-refractivity contribution is -0.121. The van der Waals surface area contributed by atoms with Crippen LogP contribution in [0.5, 0.6) is 0 Å². The molecule has 0 aliphatic rings. The van der Waals surface area contributed by atoms with Gasteiger partial charge in [-0.1, -0.05) is 12.1 Å². The molecule has 0 unspecified atom stereocenters. The highest BCUT2D eigenvalue weighted by Gasteiger charge is 2.31. The lowest BCUT2D eigenvalue weighted by atomic mass is 10.1. The summed E-state index contributed by atoms with van der Waals surface area (Å²) in [5.74, 6) is -0.390. The molecule has 1 aromatic rings. The van der Waals surface area contributed by atoms with Crippen LogP contribution in [0, 0.1) is 5.41 Å². The molecule has 1 aromatic carbocycles. The molecule has 0 spiro atoms. The van der Waals surface area contributed by atoms with Crippen molar-refractivity contribution in [1.29, 1.82) is 5.41 Å². The number of halogens is 3. The van der Waals surface area contributed by atoms with Gasteiger partial charge in [0.2, 0.25) is 0 Å². The van der Waals surface area contributed by atoms with Crippen molar-refractivity contribution in [2.24, 2.45) is 5.73 Å². The second kappa shape index (κ2) is 5.67. The van der Waals surface area contributed by atoms with E-state index in [0.29, 0.717) is 4.31 Å². The van der Waals surface area contributed by atoms with E-state index in [1.165, 1.54) is 29.0 Å². The molecule has 0 heterocycles. The Morgan fingerprint density at radius 2 is 1.95 bits per heavy atom. The number of nitrogens with zero attached hydrogens (tertiary/aromatic N) is 1. The zero-order chi connectivity index (χ0) is 15.6. The Hall–Kier alpha value is -1.81.